The Balaban J connectivity index is 1.62. The summed E-state index contributed by atoms with van der Waals surface area (Å²) in [5, 5.41) is 6.00. The average molecular weight is 379 g/mol. The molecule has 6 nitrogen and oxygen atoms in total. The molecule has 3 rings (SSSR count). The minimum atomic E-state index is -0.317. The van der Waals surface area contributed by atoms with Crippen LogP contribution in [0.2, 0.25) is 0 Å². The number of nitrogens with zero attached hydrogens (tertiary/aromatic N) is 3. The maximum atomic E-state index is 12.9. The fourth-order valence-corrected chi connectivity index (χ4v) is 2.60. The van der Waals surface area contributed by atoms with E-state index in [0.29, 0.717) is 11.6 Å². The number of benzene rings is 2. The minimum Gasteiger partial charge on any atom is -0.363 e. The summed E-state index contributed by atoms with van der Waals surface area (Å²) >= 11 is 0. The Kier molecular flexibility index (Phi) is 5.84. The fraction of sp³-hybridized carbons (Fsp3) is 0.190. The number of nitrogens with one attached hydrogen (secondary N) is 2. The second-order valence-electron chi connectivity index (χ2n) is 6.64. The van der Waals surface area contributed by atoms with Gasteiger partial charge < -0.3 is 15.5 Å². The molecular formula is C21H22FN5O. The molecule has 0 bridgehead atoms. The van der Waals surface area contributed by atoms with E-state index in [1.54, 1.807) is 24.3 Å². The molecule has 0 saturated carbocycles. The zero-order chi connectivity index (χ0) is 20.1. The molecule has 0 aliphatic rings. The van der Waals surface area contributed by atoms with Gasteiger partial charge in [0.05, 0.1) is 6.42 Å². The number of amides is 1. The highest BCUT2D eigenvalue weighted by Gasteiger charge is 2.07. The van der Waals surface area contributed by atoms with Crippen molar-refractivity contribution in [2.45, 2.75) is 13.3 Å². The lowest BCUT2D eigenvalue weighted by Gasteiger charge is -2.14. The molecule has 2 N–H and O–H groups in total. The zero-order valence-corrected chi connectivity index (χ0v) is 16.0. The summed E-state index contributed by atoms with van der Waals surface area (Å²) in [5.74, 6) is 0.851. The van der Waals surface area contributed by atoms with E-state index in [4.69, 9.17) is 0 Å². The van der Waals surface area contributed by atoms with Crippen molar-refractivity contribution < 1.29 is 9.18 Å². The summed E-state index contributed by atoms with van der Waals surface area (Å²) in [7, 11) is 3.85. The van der Waals surface area contributed by atoms with Gasteiger partial charge in [-0.05, 0) is 48.9 Å². The summed E-state index contributed by atoms with van der Waals surface area (Å²) in [4.78, 5) is 22.9. The lowest BCUT2D eigenvalue weighted by Crippen LogP contribution is -2.14. The van der Waals surface area contributed by atoms with Crippen LogP contribution in [0.25, 0.3) is 0 Å². The summed E-state index contributed by atoms with van der Waals surface area (Å²) in [6.45, 7) is 1.92. The van der Waals surface area contributed by atoms with Crippen LogP contribution in [0.3, 0.4) is 0 Å². The highest BCUT2D eigenvalue weighted by Crippen LogP contribution is 2.19. The van der Waals surface area contributed by atoms with Crippen molar-refractivity contribution in [2.75, 3.05) is 29.6 Å². The first kappa shape index (κ1) is 19.3. The molecule has 0 unspecified atom stereocenters. The number of aromatic nitrogens is 2. The average Bonchev–Trinajstić information content (AvgIpc) is 2.65. The van der Waals surface area contributed by atoms with Gasteiger partial charge in [-0.25, -0.2) is 9.37 Å². The van der Waals surface area contributed by atoms with E-state index in [1.165, 1.54) is 12.1 Å². The van der Waals surface area contributed by atoms with Crippen molar-refractivity contribution in [2.24, 2.45) is 0 Å². The predicted octanol–water partition coefficient (Wildman–Crippen LogP) is 3.91. The maximum absolute atomic E-state index is 12.9. The maximum Gasteiger partial charge on any atom is 0.229 e. The third kappa shape index (κ3) is 5.26. The van der Waals surface area contributed by atoms with Crippen LogP contribution in [0.1, 0.15) is 11.3 Å². The van der Waals surface area contributed by atoms with E-state index in [0.717, 1.165) is 22.8 Å². The van der Waals surface area contributed by atoms with Crippen LogP contribution in [0.5, 0.6) is 0 Å². The smallest absolute Gasteiger partial charge is 0.229 e. The minimum absolute atomic E-state index is 0.162. The number of aryl methyl sites for hydroxylation is 1. The van der Waals surface area contributed by atoms with Gasteiger partial charge in [-0.1, -0.05) is 12.1 Å². The van der Waals surface area contributed by atoms with Crippen LogP contribution in [0, 0.1) is 12.7 Å². The first-order chi connectivity index (χ1) is 13.4. The van der Waals surface area contributed by atoms with Gasteiger partial charge in [-0.15, -0.1) is 0 Å². The summed E-state index contributed by atoms with van der Waals surface area (Å²) in [5.41, 5.74) is 3.11. The van der Waals surface area contributed by atoms with Crippen LogP contribution in [0.4, 0.5) is 27.5 Å². The molecule has 144 valence electrons. The summed E-state index contributed by atoms with van der Waals surface area (Å²) in [6, 6.07) is 15.1. The van der Waals surface area contributed by atoms with Crippen molar-refractivity contribution >= 4 is 29.0 Å². The Morgan fingerprint density at radius 3 is 2.29 bits per heavy atom. The third-order valence-electron chi connectivity index (χ3n) is 4.00. The molecule has 1 amide bonds. The first-order valence-electron chi connectivity index (χ1n) is 8.83. The van der Waals surface area contributed by atoms with Gasteiger partial charge in [0.15, 0.2) is 0 Å². The molecule has 0 spiro atoms. The molecule has 28 heavy (non-hydrogen) atoms. The number of halogens is 1. The van der Waals surface area contributed by atoms with Crippen LogP contribution in [-0.2, 0) is 11.2 Å². The van der Waals surface area contributed by atoms with Gasteiger partial charge in [-0.3, -0.25) is 4.79 Å². The van der Waals surface area contributed by atoms with E-state index in [9.17, 15) is 9.18 Å². The van der Waals surface area contributed by atoms with Gasteiger partial charge in [0, 0.05) is 37.2 Å². The molecule has 2 aromatic carbocycles. The van der Waals surface area contributed by atoms with E-state index >= 15 is 0 Å². The number of anilines is 4. The lowest BCUT2D eigenvalue weighted by molar-refractivity contribution is -0.115. The molecule has 7 heteroatoms. The van der Waals surface area contributed by atoms with E-state index in [1.807, 2.05) is 44.1 Å². The van der Waals surface area contributed by atoms with Crippen molar-refractivity contribution in [3.8, 4) is 0 Å². The van der Waals surface area contributed by atoms with Gasteiger partial charge in [0.1, 0.15) is 11.6 Å². The van der Waals surface area contributed by atoms with Gasteiger partial charge in [0.25, 0.3) is 0 Å². The van der Waals surface area contributed by atoms with Gasteiger partial charge in [0.2, 0.25) is 11.9 Å². The van der Waals surface area contributed by atoms with Crippen LogP contribution in [0.15, 0.2) is 54.6 Å². The van der Waals surface area contributed by atoms with Crippen LogP contribution >= 0.6 is 0 Å². The number of carbonyl (C=O) groups excluding carboxylic acids is 1. The molecule has 0 atom stereocenters. The second kappa shape index (κ2) is 8.47. The molecule has 0 radical (unpaired) electrons. The van der Waals surface area contributed by atoms with Crippen molar-refractivity contribution in [3.63, 3.8) is 0 Å². The Hall–Kier alpha value is -3.48. The highest BCUT2D eigenvalue weighted by atomic mass is 19.1. The first-order valence-corrected chi connectivity index (χ1v) is 8.83. The number of carbonyl (C=O) groups is 1. The van der Waals surface area contributed by atoms with Gasteiger partial charge >= 0.3 is 0 Å². The molecule has 1 heterocycles. The molecule has 0 saturated heterocycles. The number of hydrogen-bond acceptors (Lipinski definition) is 5. The van der Waals surface area contributed by atoms with E-state index in [2.05, 4.69) is 20.6 Å². The molecule has 0 aliphatic carbocycles. The Morgan fingerprint density at radius 1 is 1.00 bits per heavy atom. The second-order valence-corrected chi connectivity index (χ2v) is 6.64. The van der Waals surface area contributed by atoms with Crippen LogP contribution in [-0.4, -0.2) is 30.0 Å². The molecule has 3 aromatic rings. The zero-order valence-electron chi connectivity index (χ0n) is 16.0. The monoisotopic (exact) mass is 379 g/mol. The topological polar surface area (TPSA) is 70.2 Å². The molecular weight excluding hydrogens is 357 g/mol. The number of hydrogen-bond donors (Lipinski definition) is 2. The third-order valence-corrected chi connectivity index (χ3v) is 4.00. The van der Waals surface area contributed by atoms with Crippen molar-refractivity contribution in [1.29, 1.82) is 0 Å². The van der Waals surface area contributed by atoms with Gasteiger partial charge in [-0.2, -0.15) is 4.98 Å². The fourth-order valence-electron chi connectivity index (χ4n) is 2.60. The highest BCUT2D eigenvalue weighted by molar-refractivity contribution is 5.92. The van der Waals surface area contributed by atoms with Crippen molar-refractivity contribution in [3.05, 3.63) is 71.7 Å². The molecule has 0 aliphatic heterocycles. The Bertz CT molecular complexity index is 956. The quantitative estimate of drug-likeness (QED) is 0.679. The van der Waals surface area contributed by atoms with Crippen LogP contribution < -0.4 is 15.5 Å². The lowest BCUT2D eigenvalue weighted by atomic mass is 10.1. The standard InChI is InChI=1S/C21H22FN5O/c1-14-12-19(27(2)3)26-21(23-14)25-18-10-8-17(9-11-18)24-20(28)13-15-4-6-16(22)7-5-15/h4-12H,13H2,1-3H3,(H,24,28)(H,23,25,26). The molecule has 1 aromatic heterocycles. The summed E-state index contributed by atoms with van der Waals surface area (Å²) in [6.07, 6.45) is 0.185. The predicted molar refractivity (Wildman–Crippen MR) is 110 cm³/mol. The number of rotatable bonds is 6. The Labute approximate surface area is 163 Å². The van der Waals surface area contributed by atoms with E-state index < -0.39 is 0 Å². The Morgan fingerprint density at radius 2 is 1.64 bits per heavy atom. The molecule has 0 fully saturated rings. The van der Waals surface area contributed by atoms with Crippen molar-refractivity contribution in [1.82, 2.24) is 9.97 Å². The normalized spacial score (nSPS) is 10.4. The summed E-state index contributed by atoms with van der Waals surface area (Å²) < 4.78 is 12.9. The van der Waals surface area contributed by atoms with E-state index in [-0.39, 0.29) is 18.1 Å². The largest absolute Gasteiger partial charge is 0.363 e. The SMILES string of the molecule is Cc1cc(N(C)C)nc(Nc2ccc(NC(=O)Cc3ccc(F)cc3)cc2)n1.